The second kappa shape index (κ2) is 10.0. The van der Waals surface area contributed by atoms with Crippen LogP contribution in [0.2, 0.25) is 5.02 Å². The van der Waals surface area contributed by atoms with Gasteiger partial charge in [-0.05, 0) is 43.4 Å². The Morgan fingerprint density at radius 3 is 2.61 bits per heavy atom. The molecule has 0 aliphatic carbocycles. The van der Waals surface area contributed by atoms with Gasteiger partial charge in [0.05, 0.1) is 18.9 Å². The summed E-state index contributed by atoms with van der Waals surface area (Å²) in [5.41, 5.74) is 0.894. The van der Waals surface area contributed by atoms with Gasteiger partial charge in [-0.3, -0.25) is 14.4 Å². The minimum Gasteiger partial charge on any atom is -0.370 e. The van der Waals surface area contributed by atoms with E-state index in [2.05, 4.69) is 0 Å². The van der Waals surface area contributed by atoms with Crippen LogP contribution in [-0.2, 0) is 25.5 Å². The third kappa shape index (κ3) is 5.39. The van der Waals surface area contributed by atoms with Gasteiger partial charge in [-0.15, -0.1) is 0 Å². The van der Waals surface area contributed by atoms with Crippen LogP contribution in [0, 0.1) is 5.92 Å². The lowest BCUT2D eigenvalue weighted by Crippen LogP contribution is -2.54. The number of rotatable bonds is 4. The summed E-state index contributed by atoms with van der Waals surface area (Å²) in [7, 11) is 0. The zero-order chi connectivity index (χ0) is 21.8. The highest BCUT2D eigenvalue weighted by Crippen LogP contribution is 2.24. The van der Waals surface area contributed by atoms with Gasteiger partial charge in [-0.2, -0.15) is 0 Å². The highest BCUT2D eigenvalue weighted by molar-refractivity contribution is 6.30. The Morgan fingerprint density at radius 2 is 1.87 bits per heavy atom. The summed E-state index contributed by atoms with van der Waals surface area (Å²) in [6.45, 7) is 3.92. The highest BCUT2D eigenvalue weighted by atomic mass is 35.5. The summed E-state index contributed by atoms with van der Waals surface area (Å²) in [4.78, 5) is 43.7. The van der Waals surface area contributed by atoms with Crippen LogP contribution in [0.15, 0.2) is 24.3 Å². The third-order valence-corrected chi connectivity index (χ3v) is 6.84. The van der Waals surface area contributed by atoms with E-state index in [0.717, 1.165) is 31.2 Å². The van der Waals surface area contributed by atoms with E-state index >= 15 is 0 Å². The Kier molecular flexibility index (Phi) is 7.13. The maximum atomic E-state index is 13.1. The fourth-order valence-electron chi connectivity index (χ4n) is 4.91. The van der Waals surface area contributed by atoms with Crippen molar-refractivity contribution in [3.63, 3.8) is 0 Å². The molecule has 0 aromatic heterocycles. The third-order valence-electron chi connectivity index (χ3n) is 6.61. The molecular formula is C23H30ClN3O4. The molecule has 1 atom stereocenters. The van der Waals surface area contributed by atoms with Crippen molar-refractivity contribution in [2.24, 2.45) is 5.92 Å². The summed E-state index contributed by atoms with van der Waals surface area (Å²) in [5.74, 6) is 0.104. The van der Waals surface area contributed by atoms with Crippen LogP contribution in [0.5, 0.6) is 0 Å². The standard InChI is InChI=1S/C23H30ClN3O4/c24-19-5-1-3-17(13-19)14-21(28)26-8-2-4-18(15-26)23(30)25-9-6-20(7-10-25)27-11-12-31-16-22(27)29/h1,3,5,13,18,20H,2,4,6-12,14-16H2. The van der Waals surface area contributed by atoms with E-state index in [1.54, 1.807) is 6.07 Å². The number of nitrogens with zero attached hydrogens (tertiary/aromatic N) is 3. The van der Waals surface area contributed by atoms with E-state index in [4.69, 9.17) is 16.3 Å². The normalized spacial score (nSPS) is 23.2. The second-order valence-corrected chi connectivity index (χ2v) is 9.12. The molecule has 0 spiro atoms. The Labute approximate surface area is 188 Å². The molecule has 3 saturated heterocycles. The minimum atomic E-state index is -0.140. The maximum absolute atomic E-state index is 13.1. The molecule has 7 nitrogen and oxygen atoms in total. The average molecular weight is 448 g/mol. The Hall–Kier alpha value is -2.12. The van der Waals surface area contributed by atoms with E-state index < -0.39 is 0 Å². The number of ether oxygens (including phenoxy) is 1. The molecule has 3 heterocycles. The first-order chi connectivity index (χ1) is 15.0. The molecule has 4 rings (SSSR count). The number of piperidine rings is 2. The monoisotopic (exact) mass is 447 g/mol. The smallest absolute Gasteiger partial charge is 0.248 e. The predicted molar refractivity (Wildman–Crippen MR) is 117 cm³/mol. The molecule has 168 valence electrons. The largest absolute Gasteiger partial charge is 0.370 e. The van der Waals surface area contributed by atoms with E-state index in [-0.39, 0.29) is 36.3 Å². The molecule has 8 heteroatoms. The lowest BCUT2D eigenvalue weighted by molar-refractivity contribution is -0.148. The topological polar surface area (TPSA) is 70.2 Å². The summed E-state index contributed by atoms with van der Waals surface area (Å²) >= 11 is 6.03. The number of benzene rings is 1. The summed E-state index contributed by atoms with van der Waals surface area (Å²) in [6, 6.07) is 7.56. The van der Waals surface area contributed by atoms with Crippen LogP contribution in [-0.4, -0.2) is 84.4 Å². The fourth-order valence-corrected chi connectivity index (χ4v) is 5.12. The zero-order valence-electron chi connectivity index (χ0n) is 17.8. The van der Waals surface area contributed by atoms with Gasteiger partial charge in [0, 0.05) is 43.8 Å². The van der Waals surface area contributed by atoms with Crippen LogP contribution < -0.4 is 0 Å². The molecule has 31 heavy (non-hydrogen) atoms. The van der Waals surface area contributed by atoms with Crippen LogP contribution >= 0.6 is 11.6 Å². The Balaban J connectivity index is 1.29. The molecule has 1 aromatic carbocycles. The van der Waals surface area contributed by atoms with Crippen molar-refractivity contribution < 1.29 is 19.1 Å². The van der Waals surface area contributed by atoms with E-state index in [1.807, 2.05) is 32.9 Å². The lowest BCUT2D eigenvalue weighted by Gasteiger charge is -2.41. The number of amides is 3. The van der Waals surface area contributed by atoms with Gasteiger partial charge in [0.15, 0.2) is 0 Å². The zero-order valence-corrected chi connectivity index (χ0v) is 18.6. The molecular weight excluding hydrogens is 418 g/mol. The van der Waals surface area contributed by atoms with E-state index in [1.165, 1.54) is 0 Å². The highest BCUT2D eigenvalue weighted by Gasteiger charge is 2.35. The van der Waals surface area contributed by atoms with Crippen molar-refractivity contribution >= 4 is 29.3 Å². The van der Waals surface area contributed by atoms with Crippen molar-refractivity contribution in [3.05, 3.63) is 34.9 Å². The van der Waals surface area contributed by atoms with Gasteiger partial charge in [0.2, 0.25) is 17.7 Å². The molecule has 0 radical (unpaired) electrons. The van der Waals surface area contributed by atoms with Crippen LogP contribution in [0.25, 0.3) is 0 Å². The Bertz CT molecular complexity index is 825. The van der Waals surface area contributed by atoms with Crippen molar-refractivity contribution in [2.75, 3.05) is 45.9 Å². The number of hydrogen-bond acceptors (Lipinski definition) is 4. The van der Waals surface area contributed by atoms with E-state index in [9.17, 15) is 14.4 Å². The molecule has 0 N–H and O–H groups in total. The lowest BCUT2D eigenvalue weighted by atomic mass is 9.94. The number of hydrogen-bond donors (Lipinski definition) is 0. The van der Waals surface area contributed by atoms with Crippen LogP contribution in [0.3, 0.4) is 0 Å². The number of carbonyl (C=O) groups is 3. The van der Waals surface area contributed by atoms with Crippen molar-refractivity contribution in [1.82, 2.24) is 14.7 Å². The van der Waals surface area contributed by atoms with Gasteiger partial charge in [-0.25, -0.2) is 0 Å². The van der Waals surface area contributed by atoms with Crippen molar-refractivity contribution in [3.8, 4) is 0 Å². The molecule has 3 fully saturated rings. The molecule has 0 saturated carbocycles. The molecule has 3 amide bonds. The molecule has 3 aliphatic heterocycles. The first-order valence-corrected chi connectivity index (χ1v) is 11.6. The molecule has 0 bridgehead atoms. The van der Waals surface area contributed by atoms with Crippen molar-refractivity contribution in [2.45, 2.75) is 38.1 Å². The van der Waals surface area contributed by atoms with Gasteiger partial charge >= 0.3 is 0 Å². The quantitative estimate of drug-likeness (QED) is 0.707. The van der Waals surface area contributed by atoms with Crippen molar-refractivity contribution in [1.29, 1.82) is 0 Å². The first-order valence-electron chi connectivity index (χ1n) is 11.2. The van der Waals surface area contributed by atoms with E-state index in [0.29, 0.717) is 50.8 Å². The van der Waals surface area contributed by atoms with Gasteiger partial charge < -0.3 is 19.4 Å². The number of halogens is 1. The van der Waals surface area contributed by atoms with Gasteiger partial charge in [0.1, 0.15) is 6.61 Å². The van der Waals surface area contributed by atoms with Crippen LogP contribution in [0.1, 0.15) is 31.2 Å². The first kappa shape index (κ1) is 22.1. The summed E-state index contributed by atoms with van der Waals surface area (Å²) in [6.07, 6.45) is 3.59. The van der Waals surface area contributed by atoms with Gasteiger partial charge in [0.25, 0.3) is 0 Å². The Morgan fingerprint density at radius 1 is 1.06 bits per heavy atom. The summed E-state index contributed by atoms with van der Waals surface area (Å²) in [5, 5.41) is 0.624. The number of likely N-dealkylation sites (tertiary alicyclic amines) is 2. The number of carbonyl (C=O) groups excluding carboxylic acids is 3. The second-order valence-electron chi connectivity index (χ2n) is 8.68. The molecule has 1 aromatic rings. The van der Waals surface area contributed by atoms with Crippen LogP contribution in [0.4, 0.5) is 0 Å². The molecule has 3 aliphatic rings. The predicted octanol–water partition coefficient (Wildman–Crippen LogP) is 1.97. The summed E-state index contributed by atoms with van der Waals surface area (Å²) < 4.78 is 5.22. The minimum absolute atomic E-state index is 0.0457. The number of morpholine rings is 1. The van der Waals surface area contributed by atoms with Gasteiger partial charge in [-0.1, -0.05) is 23.7 Å². The maximum Gasteiger partial charge on any atom is 0.248 e. The average Bonchev–Trinajstić information content (AvgIpc) is 2.79. The SMILES string of the molecule is O=C(Cc1cccc(Cl)c1)N1CCCC(C(=O)N2CCC(N3CCOCC3=O)CC2)C1. The molecule has 1 unspecified atom stereocenters. The fraction of sp³-hybridized carbons (Fsp3) is 0.609.